The van der Waals surface area contributed by atoms with E-state index in [2.05, 4.69) is 23.1 Å². The Balaban J connectivity index is 0.000000771. The van der Waals surface area contributed by atoms with Crippen LogP contribution in [0.1, 0.15) is 32.3 Å². The van der Waals surface area contributed by atoms with Gasteiger partial charge < -0.3 is 10.6 Å². The van der Waals surface area contributed by atoms with Gasteiger partial charge in [0.1, 0.15) is 0 Å². The van der Waals surface area contributed by atoms with E-state index in [1.807, 2.05) is 20.8 Å². The van der Waals surface area contributed by atoms with E-state index in [-0.39, 0.29) is 0 Å². The van der Waals surface area contributed by atoms with Crippen molar-refractivity contribution < 1.29 is 0 Å². The molecule has 1 aliphatic rings. The molecule has 1 aromatic rings. The quantitative estimate of drug-likeness (QED) is 0.883. The van der Waals surface area contributed by atoms with E-state index in [0.29, 0.717) is 5.92 Å². The normalized spacial score (nSPS) is 16.2. The van der Waals surface area contributed by atoms with Crippen LogP contribution in [0.2, 0.25) is 5.02 Å². The van der Waals surface area contributed by atoms with E-state index in [1.54, 1.807) is 0 Å². The Morgan fingerprint density at radius 2 is 1.89 bits per heavy atom. The average Bonchev–Trinajstić information content (AvgIpc) is 2.44. The maximum absolute atomic E-state index is 6.14. The van der Waals surface area contributed by atoms with E-state index in [0.717, 1.165) is 30.2 Å². The molecule has 0 spiro atoms. The highest BCUT2D eigenvalue weighted by atomic mass is 35.5. The van der Waals surface area contributed by atoms with Crippen LogP contribution in [0, 0.1) is 12.8 Å². The molecule has 1 fully saturated rings. The summed E-state index contributed by atoms with van der Waals surface area (Å²) in [6.45, 7) is 9.05. The monoisotopic (exact) mass is 268 g/mol. The lowest BCUT2D eigenvalue weighted by molar-refractivity contribution is 0.414. The fraction of sp³-hybridized carbons (Fsp3) is 0.600. The Labute approximate surface area is 116 Å². The molecule has 2 nitrogen and oxygen atoms in total. The van der Waals surface area contributed by atoms with Gasteiger partial charge in [-0.1, -0.05) is 31.5 Å². The van der Waals surface area contributed by atoms with Crippen molar-refractivity contribution in [3.8, 4) is 0 Å². The lowest BCUT2D eigenvalue weighted by Crippen LogP contribution is -2.36. The fourth-order valence-corrected chi connectivity index (χ4v) is 2.38. The highest BCUT2D eigenvalue weighted by molar-refractivity contribution is 6.31. The van der Waals surface area contributed by atoms with Crippen LogP contribution < -0.4 is 10.6 Å². The minimum absolute atomic E-state index is 0.706. The van der Waals surface area contributed by atoms with Gasteiger partial charge in [-0.25, -0.2) is 0 Å². The first-order valence-corrected chi connectivity index (χ1v) is 7.29. The summed E-state index contributed by atoms with van der Waals surface area (Å²) in [5.74, 6) is 0.706. The van der Waals surface area contributed by atoms with Crippen molar-refractivity contribution in [2.24, 2.45) is 11.7 Å². The fourth-order valence-electron chi connectivity index (χ4n) is 2.21. The van der Waals surface area contributed by atoms with E-state index >= 15 is 0 Å². The summed E-state index contributed by atoms with van der Waals surface area (Å²) < 4.78 is 0. The minimum atomic E-state index is 0.706. The van der Waals surface area contributed by atoms with Crippen molar-refractivity contribution in [3.63, 3.8) is 0 Å². The lowest BCUT2D eigenvalue weighted by atomic mass is 9.97. The third-order valence-electron chi connectivity index (χ3n) is 3.47. The smallest absolute Gasteiger partial charge is 0.0455 e. The number of aryl methyl sites for hydroxylation is 1. The van der Waals surface area contributed by atoms with Crippen molar-refractivity contribution >= 4 is 17.3 Å². The van der Waals surface area contributed by atoms with Crippen molar-refractivity contribution in [1.29, 1.82) is 0 Å². The van der Waals surface area contributed by atoms with Crippen molar-refractivity contribution in [2.75, 3.05) is 24.5 Å². The standard InChI is InChI=1S/C13H19ClN2.C2H6/c1-10-2-3-12(8-13(10)14)16-6-4-11(9-15)5-7-16;1-2/h2-3,8,11H,4-7,9,15H2,1H3;1-2H3. The number of piperidine rings is 1. The largest absolute Gasteiger partial charge is 0.371 e. The van der Waals surface area contributed by atoms with Gasteiger partial charge in [0.25, 0.3) is 0 Å². The van der Waals surface area contributed by atoms with E-state index in [4.69, 9.17) is 17.3 Å². The molecule has 0 radical (unpaired) electrons. The zero-order valence-electron chi connectivity index (χ0n) is 11.7. The topological polar surface area (TPSA) is 29.3 Å². The first kappa shape index (κ1) is 15.3. The van der Waals surface area contributed by atoms with Crippen LogP contribution in [0.25, 0.3) is 0 Å². The highest BCUT2D eigenvalue weighted by Gasteiger charge is 2.18. The first-order valence-electron chi connectivity index (χ1n) is 6.92. The van der Waals surface area contributed by atoms with Crippen LogP contribution in [0.3, 0.4) is 0 Å². The molecular formula is C15H25ClN2. The summed E-state index contributed by atoms with van der Waals surface area (Å²) in [6.07, 6.45) is 2.39. The number of benzene rings is 1. The van der Waals surface area contributed by atoms with E-state index < -0.39 is 0 Å². The maximum atomic E-state index is 6.14. The molecule has 0 atom stereocenters. The Morgan fingerprint density at radius 1 is 1.28 bits per heavy atom. The molecule has 2 rings (SSSR count). The molecule has 0 aliphatic carbocycles. The van der Waals surface area contributed by atoms with Crippen molar-refractivity contribution in [3.05, 3.63) is 28.8 Å². The number of nitrogens with zero attached hydrogens (tertiary/aromatic N) is 1. The first-order chi connectivity index (χ1) is 8.70. The number of nitrogens with two attached hydrogens (primary N) is 1. The van der Waals surface area contributed by atoms with Crippen LogP contribution in [-0.2, 0) is 0 Å². The van der Waals surface area contributed by atoms with Gasteiger partial charge >= 0.3 is 0 Å². The Kier molecular flexibility index (Phi) is 6.51. The molecular weight excluding hydrogens is 244 g/mol. The predicted octanol–water partition coefficient (Wildman–Crippen LogP) is 3.85. The van der Waals surface area contributed by atoms with Gasteiger partial charge in [-0.15, -0.1) is 0 Å². The second-order valence-electron chi connectivity index (χ2n) is 4.60. The number of halogens is 1. The molecule has 0 unspecified atom stereocenters. The lowest BCUT2D eigenvalue weighted by Gasteiger charge is -2.33. The average molecular weight is 269 g/mol. The second-order valence-corrected chi connectivity index (χ2v) is 5.01. The molecule has 0 bridgehead atoms. The van der Waals surface area contributed by atoms with Gasteiger partial charge in [0.2, 0.25) is 0 Å². The van der Waals surface area contributed by atoms with Crippen molar-refractivity contribution in [1.82, 2.24) is 0 Å². The summed E-state index contributed by atoms with van der Waals surface area (Å²) in [5.41, 5.74) is 8.07. The van der Waals surface area contributed by atoms with Crippen molar-refractivity contribution in [2.45, 2.75) is 33.6 Å². The molecule has 0 saturated carbocycles. The summed E-state index contributed by atoms with van der Waals surface area (Å²) in [7, 11) is 0. The molecule has 0 amide bonds. The highest BCUT2D eigenvalue weighted by Crippen LogP contribution is 2.26. The van der Waals surface area contributed by atoms with Crippen LogP contribution in [0.4, 0.5) is 5.69 Å². The molecule has 3 heteroatoms. The van der Waals surface area contributed by atoms with E-state index in [9.17, 15) is 0 Å². The van der Waals surface area contributed by atoms with Gasteiger partial charge in [-0.05, 0) is 49.9 Å². The van der Waals surface area contributed by atoms with Crippen LogP contribution in [-0.4, -0.2) is 19.6 Å². The number of rotatable bonds is 2. The predicted molar refractivity (Wildman–Crippen MR) is 81.5 cm³/mol. The molecule has 2 N–H and O–H groups in total. The zero-order chi connectivity index (χ0) is 13.5. The van der Waals surface area contributed by atoms with Crippen LogP contribution in [0.5, 0.6) is 0 Å². The third-order valence-corrected chi connectivity index (χ3v) is 3.88. The van der Waals surface area contributed by atoms with Crippen LogP contribution in [0.15, 0.2) is 18.2 Å². The van der Waals surface area contributed by atoms with E-state index in [1.165, 1.54) is 18.5 Å². The summed E-state index contributed by atoms with van der Waals surface area (Å²) in [4.78, 5) is 2.40. The molecule has 1 aliphatic heterocycles. The van der Waals surface area contributed by atoms with Gasteiger partial charge in [0, 0.05) is 23.8 Å². The van der Waals surface area contributed by atoms with Gasteiger partial charge in [-0.3, -0.25) is 0 Å². The number of hydrogen-bond acceptors (Lipinski definition) is 2. The second kappa shape index (κ2) is 7.65. The molecule has 102 valence electrons. The summed E-state index contributed by atoms with van der Waals surface area (Å²) in [5, 5.41) is 0.860. The van der Waals surface area contributed by atoms with Gasteiger partial charge in [0.05, 0.1) is 0 Å². The molecule has 18 heavy (non-hydrogen) atoms. The zero-order valence-corrected chi connectivity index (χ0v) is 12.5. The Bertz CT molecular complexity index is 358. The Hall–Kier alpha value is -0.730. The molecule has 0 aromatic heterocycles. The molecule has 1 saturated heterocycles. The summed E-state index contributed by atoms with van der Waals surface area (Å²) in [6, 6.07) is 6.32. The minimum Gasteiger partial charge on any atom is -0.371 e. The van der Waals surface area contributed by atoms with Gasteiger partial charge in [-0.2, -0.15) is 0 Å². The summed E-state index contributed by atoms with van der Waals surface area (Å²) >= 11 is 6.14. The molecule has 1 aromatic carbocycles. The molecule has 1 heterocycles. The number of anilines is 1. The maximum Gasteiger partial charge on any atom is 0.0455 e. The third kappa shape index (κ3) is 3.89. The SMILES string of the molecule is CC.Cc1ccc(N2CCC(CN)CC2)cc1Cl. The number of hydrogen-bond donors (Lipinski definition) is 1. The van der Waals surface area contributed by atoms with Gasteiger partial charge in [0.15, 0.2) is 0 Å². The Morgan fingerprint density at radius 3 is 2.39 bits per heavy atom. The van der Waals surface area contributed by atoms with Crippen LogP contribution >= 0.6 is 11.6 Å².